The highest BCUT2D eigenvalue weighted by molar-refractivity contribution is 5.10. The van der Waals surface area contributed by atoms with Gasteiger partial charge in [-0.25, -0.2) is 9.97 Å². The van der Waals surface area contributed by atoms with Gasteiger partial charge in [0.1, 0.15) is 6.61 Å². The molecule has 0 aliphatic rings. The summed E-state index contributed by atoms with van der Waals surface area (Å²) in [6.45, 7) is 5.26. The lowest BCUT2D eigenvalue weighted by atomic mass is 10.4. The molecule has 1 heterocycles. The van der Waals surface area contributed by atoms with Crippen molar-refractivity contribution in [1.82, 2.24) is 15.3 Å². The molecule has 0 spiro atoms. The van der Waals surface area contributed by atoms with E-state index in [-0.39, 0.29) is 0 Å². The average molecular weight is 181 g/mol. The number of ether oxygens (including phenoxy) is 1. The molecule has 0 bridgehead atoms. The Bertz CT molecular complexity index is 255. The normalized spacial score (nSPS) is 10.1. The molecule has 4 nitrogen and oxygen atoms in total. The predicted octanol–water partition coefficient (Wildman–Crippen LogP) is 0.692. The fraction of sp³-hybridized carbons (Fsp3) is 0.556. The van der Waals surface area contributed by atoms with Crippen molar-refractivity contribution in [2.24, 2.45) is 0 Å². The van der Waals surface area contributed by atoms with Crippen LogP contribution in [0, 0.1) is 13.8 Å². The highest BCUT2D eigenvalue weighted by Crippen LogP contribution is 2.05. The van der Waals surface area contributed by atoms with Gasteiger partial charge in [-0.2, -0.15) is 0 Å². The molecule has 0 aliphatic carbocycles. The number of hydrogen-bond donors (Lipinski definition) is 1. The van der Waals surface area contributed by atoms with Crippen LogP contribution in [0.25, 0.3) is 0 Å². The first-order valence-electron chi connectivity index (χ1n) is 4.32. The highest BCUT2D eigenvalue weighted by atomic mass is 16.5. The predicted molar refractivity (Wildman–Crippen MR) is 50.9 cm³/mol. The number of hydrogen-bond acceptors (Lipinski definition) is 4. The molecule has 0 saturated carbocycles. The molecule has 1 aromatic rings. The van der Waals surface area contributed by atoms with E-state index >= 15 is 0 Å². The van der Waals surface area contributed by atoms with Crippen LogP contribution in [0.4, 0.5) is 0 Å². The third kappa shape index (κ3) is 3.38. The van der Waals surface area contributed by atoms with Crippen molar-refractivity contribution in [1.29, 1.82) is 0 Å². The largest absolute Gasteiger partial charge is 0.462 e. The quantitative estimate of drug-likeness (QED) is 0.694. The van der Waals surface area contributed by atoms with Crippen LogP contribution < -0.4 is 10.1 Å². The van der Waals surface area contributed by atoms with Gasteiger partial charge in [0.05, 0.1) is 0 Å². The molecule has 13 heavy (non-hydrogen) atoms. The van der Waals surface area contributed by atoms with E-state index in [4.69, 9.17) is 4.74 Å². The first-order valence-corrected chi connectivity index (χ1v) is 4.32. The molecule has 0 unspecified atom stereocenters. The minimum atomic E-state index is 0.466. The Morgan fingerprint density at radius 3 is 2.46 bits per heavy atom. The molecule has 72 valence electrons. The van der Waals surface area contributed by atoms with E-state index < -0.39 is 0 Å². The van der Waals surface area contributed by atoms with Crippen molar-refractivity contribution in [2.75, 3.05) is 20.2 Å². The average Bonchev–Trinajstić information content (AvgIpc) is 2.03. The Balaban J connectivity index is 2.56. The Morgan fingerprint density at radius 1 is 1.31 bits per heavy atom. The molecule has 0 atom stereocenters. The maximum Gasteiger partial charge on any atom is 0.316 e. The Hall–Kier alpha value is -1.16. The van der Waals surface area contributed by atoms with Crippen molar-refractivity contribution < 1.29 is 4.74 Å². The van der Waals surface area contributed by atoms with Crippen molar-refractivity contribution in [2.45, 2.75) is 13.8 Å². The zero-order chi connectivity index (χ0) is 9.68. The zero-order valence-corrected chi connectivity index (χ0v) is 8.29. The molecule has 0 saturated heterocycles. The number of nitrogens with one attached hydrogen (secondary N) is 1. The summed E-state index contributed by atoms with van der Waals surface area (Å²) >= 11 is 0. The summed E-state index contributed by atoms with van der Waals surface area (Å²) < 4.78 is 5.32. The summed E-state index contributed by atoms with van der Waals surface area (Å²) in [5.74, 6) is 0. The second-order valence-electron chi connectivity index (χ2n) is 2.89. The van der Waals surface area contributed by atoms with Gasteiger partial charge in [-0.1, -0.05) is 0 Å². The van der Waals surface area contributed by atoms with Gasteiger partial charge in [-0.05, 0) is 27.0 Å². The number of rotatable bonds is 4. The van der Waals surface area contributed by atoms with E-state index in [9.17, 15) is 0 Å². The Kier molecular flexibility index (Phi) is 3.64. The Labute approximate surface area is 78.4 Å². The van der Waals surface area contributed by atoms with Gasteiger partial charge in [-0.15, -0.1) is 0 Å². The van der Waals surface area contributed by atoms with Gasteiger partial charge in [0.15, 0.2) is 0 Å². The molecule has 0 amide bonds. The van der Waals surface area contributed by atoms with Crippen molar-refractivity contribution >= 4 is 0 Å². The van der Waals surface area contributed by atoms with Crippen LogP contribution in [-0.4, -0.2) is 30.2 Å². The van der Waals surface area contributed by atoms with E-state index in [1.807, 2.05) is 27.0 Å². The second-order valence-corrected chi connectivity index (χ2v) is 2.89. The number of aryl methyl sites for hydroxylation is 2. The maximum absolute atomic E-state index is 5.32. The third-order valence-electron chi connectivity index (χ3n) is 1.54. The monoisotopic (exact) mass is 181 g/mol. The van der Waals surface area contributed by atoms with Crippen molar-refractivity contribution in [3.63, 3.8) is 0 Å². The van der Waals surface area contributed by atoms with Crippen molar-refractivity contribution in [3.8, 4) is 6.01 Å². The van der Waals surface area contributed by atoms with Gasteiger partial charge < -0.3 is 10.1 Å². The lowest BCUT2D eigenvalue weighted by molar-refractivity contribution is 0.292. The molecule has 1 rings (SSSR count). The summed E-state index contributed by atoms with van der Waals surface area (Å²) in [6, 6.07) is 2.39. The number of aromatic nitrogens is 2. The van der Waals surface area contributed by atoms with E-state index in [0.717, 1.165) is 17.9 Å². The van der Waals surface area contributed by atoms with Crippen molar-refractivity contribution in [3.05, 3.63) is 17.5 Å². The lowest BCUT2D eigenvalue weighted by Crippen LogP contribution is -2.17. The number of nitrogens with zero attached hydrogens (tertiary/aromatic N) is 2. The fourth-order valence-electron chi connectivity index (χ4n) is 1.00. The third-order valence-corrected chi connectivity index (χ3v) is 1.54. The maximum atomic E-state index is 5.32. The fourth-order valence-corrected chi connectivity index (χ4v) is 1.00. The minimum absolute atomic E-state index is 0.466. The summed E-state index contributed by atoms with van der Waals surface area (Å²) in [7, 11) is 1.88. The Morgan fingerprint density at radius 2 is 1.92 bits per heavy atom. The van der Waals surface area contributed by atoms with Crippen LogP contribution >= 0.6 is 0 Å². The molecule has 0 fully saturated rings. The zero-order valence-electron chi connectivity index (χ0n) is 8.29. The van der Waals surface area contributed by atoms with E-state index in [1.54, 1.807) is 0 Å². The van der Waals surface area contributed by atoms with Gasteiger partial charge >= 0.3 is 6.01 Å². The summed E-state index contributed by atoms with van der Waals surface area (Å²) in [5.41, 5.74) is 1.87. The van der Waals surface area contributed by atoms with E-state index in [1.165, 1.54) is 0 Å². The SMILES string of the molecule is CNCCOc1nc(C)cc(C)n1. The molecule has 0 aliphatic heterocycles. The molecule has 1 aromatic heterocycles. The van der Waals surface area contributed by atoms with Crippen LogP contribution in [0.5, 0.6) is 6.01 Å². The highest BCUT2D eigenvalue weighted by Gasteiger charge is 1.98. The van der Waals surface area contributed by atoms with Gasteiger partial charge in [0.25, 0.3) is 0 Å². The van der Waals surface area contributed by atoms with Gasteiger partial charge in [0, 0.05) is 17.9 Å². The molecule has 0 radical (unpaired) electrons. The number of likely N-dealkylation sites (N-methyl/N-ethyl adjacent to an activating group) is 1. The molecule has 4 heteroatoms. The molecular weight excluding hydrogens is 166 g/mol. The second kappa shape index (κ2) is 4.77. The topological polar surface area (TPSA) is 47.0 Å². The standard InChI is InChI=1S/C9H15N3O/c1-7-6-8(2)12-9(11-7)13-5-4-10-3/h6,10H,4-5H2,1-3H3. The summed E-state index contributed by atoms with van der Waals surface area (Å²) in [6.07, 6.45) is 0. The van der Waals surface area contributed by atoms with Crippen LogP contribution in [0.2, 0.25) is 0 Å². The van der Waals surface area contributed by atoms with Crippen LogP contribution in [0.1, 0.15) is 11.4 Å². The first-order chi connectivity index (χ1) is 6.22. The molecular formula is C9H15N3O. The summed E-state index contributed by atoms with van der Waals surface area (Å²) in [4.78, 5) is 8.29. The van der Waals surface area contributed by atoms with Crippen LogP contribution in [0.15, 0.2) is 6.07 Å². The molecule has 0 aromatic carbocycles. The summed E-state index contributed by atoms with van der Waals surface area (Å²) in [5, 5.41) is 2.99. The van der Waals surface area contributed by atoms with E-state index in [2.05, 4.69) is 15.3 Å². The van der Waals surface area contributed by atoms with Crippen LogP contribution in [-0.2, 0) is 0 Å². The van der Waals surface area contributed by atoms with Gasteiger partial charge in [-0.3, -0.25) is 0 Å². The minimum Gasteiger partial charge on any atom is -0.462 e. The first kappa shape index (κ1) is 9.92. The smallest absolute Gasteiger partial charge is 0.316 e. The molecule has 1 N–H and O–H groups in total. The van der Waals surface area contributed by atoms with E-state index in [0.29, 0.717) is 12.6 Å². The van der Waals surface area contributed by atoms with Crippen LogP contribution in [0.3, 0.4) is 0 Å². The van der Waals surface area contributed by atoms with Gasteiger partial charge in [0.2, 0.25) is 0 Å². The lowest BCUT2D eigenvalue weighted by Gasteiger charge is -2.04.